The third kappa shape index (κ3) is 3.35. The first-order chi connectivity index (χ1) is 10.1. The van der Waals surface area contributed by atoms with Gasteiger partial charge in [0.1, 0.15) is 0 Å². The molecule has 0 radical (unpaired) electrons. The fourth-order valence-corrected chi connectivity index (χ4v) is 2.96. The normalized spacial score (nSPS) is 11.9. The van der Waals surface area contributed by atoms with Crippen LogP contribution in [0.2, 0.25) is 10.0 Å². The van der Waals surface area contributed by atoms with Gasteiger partial charge >= 0.3 is 0 Å². The Hall–Kier alpha value is -1.62. The van der Waals surface area contributed by atoms with Crippen LogP contribution in [0.3, 0.4) is 0 Å². The zero-order chi connectivity index (χ0) is 14.8. The summed E-state index contributed by atoms with van der Waals surface area (Å²) in [6.07, 6.45) is 0. The summed E-state index contributed by atoms with van der Waals surface area (Å²) in [7, 11) is 1.95. The molecular formula is C15H11Cl2N3S. The molecule has 0 atom stereocenters. The Morgan fingerprint density at radius 2 is 1.81 bits per heavy atom. The van der Waals surface area contributed by atoms with Gasteiger partial charge in [0.05, 0.1) is 5.69 Å². The average Bonchev–Trinajstić information content (AvgIpc) is 2.82. The van der Waals surface area contributed by atoms with Crippen LogP contribution in [0.5, 0.6) is 0 Å². The van der Waals surface area contributed by atoms with Gasteiger partial charge in [0.15, 0.2) is 5.82 Å². The minimum Gasteiger partial charge on any atom is -0.281 e. The zero-order valence-electron chi connectivity index (χ0n) is 11.1. The van der Waals surface area contributed by atoms with E-state index in [4.69, 9.17) is 23.2 Å². The van der Waals surface area contributed by atoms with Gasteiger partial charge in [0, 0.05) is 22.7 Å². The zero-order valence-corrected chi connectivity index (χ0v) is 13.5. The summed E-state index contributed by atoms with van der Waals surface area (Å²) in [5.41, 5.74) is 1.80. The second-order valence-corrected chi connectivity index (χ2v) is 6.37. The molecule has 0 aliphatic heterocycles. The van der Waals surface area contributed by atoms with Crippen molar-refractivity contribution in [3.8, 4) is 11.4 Å². The van der Waals surface area contributed by atoms with E-state index in [9.17, 15) is 0 Å². The predicted molar refractivity (Wildman–Crippen MR) is 88.2 cm³/mol. The predicted octanol–water partition coefficient (Wildman–Crippen LogP) is 4.69. The van der Waals surface area contributed by atoms with E-state index in [2.05, 4.69) is 9.98 Å². The van der Waals surface area contributed by atoms with E-state index in [0.29, 0.717) is 14.8 Å². The number of halogens is 2. The van der Waals surface area contributed by atoms with Gasteiger partial charge in [-0.3, -0.25) is 3.96 Å². The number of nitrogens with zero attached hydrogens (tertiary/aromatic N) is 3. The van der Waals surface area contributed by atoms with Crippen molar-refractivity contribution in [1.29, 1.82) is 0 Å². The first-order valence-corrected chi connectivity index (χ1v) is 7.75. The lowest BCUT2D eigenvalue weighted by atomic mass is 10.2. The van der Waals surface area contributed by atoms with Crippen LogP contribution in [0.15, 0.2) is 53.5 Å². The van der Waals surface area contributed by atoms with Gasteiger partial charge in [-0.05, 0) is 47.9 Å². The van der Waals surface area contributed by atoms with E-state index in [1.54, 1.807) is 0 Å². The van der Waals surface area contributed by atoms with Crippen LogP contribution >= 0.6 is 34.7 Å². The molecule has 0 saturated carbocycles. The standard InChI is InChI=1S/C15H11Cl2N3S/c1-20-14(10-3-2-4-12(17)9-10)19-15(21-20)18-13-7-5-11(16)6-8-13/h2-9H,1H3. The van der Waals surface area contributed by atoms with Gasteiger partial charge in [-0.1, -0.05) is 35.3 Å². The molecule has 0 fully saturated rings. The molecule has 0 aliphatic rings. The van der Waals surface area contributed by atoms with Gasteiger partial charge in [-0.25, -0.2) is 4.99 Å². The van der Waals surface area contributed by atoms with E-state index in [-0.39, 0.29) is 0 Å². The van der Waals surface area contributed by atoms with Gasteiger partial charge in [-0.15, -0.1) is 0 Å². The molecule has 0 unspecified atom stereocenters. The average molecular weight is 336 g/mol. The lowest BCUT2D eigenvalue weighted by molar-refractivity contribution is 1.00. The van der Waals surface area contributed by atoms with Crippen LogP contribution in [0.25, 0.3) is 11.4 Å². The van der Waals surface area contributed by atoms with Gasteiger partial charge in [0.2, 0.25) is 4.80 Å². The van der Waals surface area contributed by atoms with E-state index in [1.165, 1.54) is 11.5 Å². The number of benzene rings is 2. The number of hydrogen-bond donors (Lipinski definition) is 0. The molecular weight excluding hydrogens is 325 g/mol. The summed E-state index contributed by atoms with van der Waals surface area (Å²) >= 11 is 13.4. The highest BCUT2D eigenvalue weighted by molar-refractivity contribution is 7.03. The van der Waals surface area contributed by atoms with Gasteiger partial charge in [0.25, 0.3) is 0 Å². The molecule has 106 valence electrons. The second kappa shape index (κ2) is 6.02. The highest BCUT2D eigenvalue weighted by atomic mass is 35.5. The molecule has 3 nitrogen and oxygen atoms in total. The fraction of sp³-hybridized carbons (Fsp3) is 0.0667. The molecule has 2 aromatic carbocycles. The van der Waals surface area contributed by atoms with Crippen LogP contribution in [0, 0.1) is 0 Å². The maximum Gasteiger partial charge on any atom is 0.227 e. The van der Waals surface area contributed by atoms with Crippen LogP contribution < -0.4 is 4.80 Å². The first-order valence-electron chi connectivity index (χ1n) is 6.22. The van der Waals surface area contributed by atoms with E-state index >= 15 is 0 Å². The molecule has 6 heteroatoms. The quantitative estimate of drug-likeness (QED) is 0.668. The van der Waals surface area contributed by atoms with Crippen molar-refractivity contribution in [2.75, 3.05) is 0 Å². The lowest BCUT2D eigenvalue weighted by Gasteiger charge is -1.99. The van der Waals surface area contributed by atoms with E-state index < -0.39 is 0 Å². The van der Waals surface area contributed by atoms with Crippen LogP contribution in [-0.4, -0.2) is 8.94 Å². The summed E-state index contributed by atoms with van der Waals surface area (Å²) in [6.45, 7) is 0. The summed E-state index contributed by atoms with van der Waals surface area (Å²) in [5, 5.41) is 1.38. The molecule has 3 rings (SSSR count). The third-order valence-corrected chi connectivity index (χ3v) is 4.13. The van der Waals surface area contributed by atoms with E-state index in [1.807, 2.05) is 59.5 Å². The number of aromatic nitrogens is 2. The van der Waals surface area contributed by atoms with Crippen LogP contribution in [0.1, 0.15) is 0 Å². The van der Waals surface area contributed by atoms with Gasteiger partial charge < -0.3 is 0 Å². The fourth-order valence-electron chi connectivity index (χ4n) is 1.89. The molecule has 3 aromatic rings. The molecule has 0 amide bonds. The molecule has 0 aliphatic carbocycles. The molecule has 1 heterocycles. The summed E-state index contributed by atoms with van der Waals surface area (Å²) in [4.78, 5) is 9.76. The summed E-state index contributed by atoms with van der Waals surface area (Å²) in [5.74, 6) is 0.843. The molecule has 0 N–H and O–H groups in total. The first kappa shape index (κ1) is 14.3. The summed E-state index contributed by atoms with van der Waals surface area (Å²) < 4.78 is 1.97. The Balaban J connectivity index is 2.03. The van der Waals surface area contributed by atoms with Crippen molar-refractivity contribution in [1.82, 2.24) is 8.94 Å². The Morgan fingerprint density at radius 1 is 1.05 bits per heavy atom. The minimum atomic E-state index is 0.690. The second-order valence-electron chi connectivity index (χ2n) is 4.41. The lowest BCUT2D eigenvalue weighted by Crippen LogP contribution is -1.96. The molecule has 21 heavy (non-hydrogen) atoms. The van der Waals surface area contributed by atoms with Crippen molar-refractivity contribution in [2.24, 2.45) is 12.0 Å². The SMILES string of the molecule is Cn1sc(=Nc2ccc(Cl)cc2)nc1-c1cccc(Cl)c1. The number of aryl methyl sites for hydroxylation is 1. The largest absolute Gasteiger partial charge is 0.281 e. The highest BCUT2D eigenvalue weighted by Crippen LogP contribution is 2.21. The van der Waals surface area contributed by atoms with Crippen molar-refractivity contribution >= 4 is 40.4 Å². The smallest absolute Gasteiger partial charge is 0.227 e. The Kier molecular flexibility index (Phi) is 4.10. The van der Waals surface area contributed by atoms with Crippen LogP contribution in [0.4, 0.5) is 5.69 Å². The van der Waals surface area contributed by atoms with Gasteiger partial charge in [-0.2, -0.15) is 4.98 Å². The molecule has 0 spiro atoms. The van der Waals surface area contributed by atoms with Crippen molar-refractivity contribution in [3.63, 3.8) is 0 Å². The van der Waals surface area contributed by atoms with Crippen molar-refractivity contribution in [3.05, 3.63) is 63.4 Å². The Labute approximate surface area is 136 Å². The summed E-state index contributed by atoms with van der Waals surface area (Å²) in [6, 6.07) is 15.0. The number of hydrogen-bond acceptors (Lipinski definition) is 3. The Bertz CT molecular complexity index is 835. The number of rotatable bonds is 2. The molecule has 0 bridgehead atoms. The Morgan fingerprint density at radius 3 is 2.52 bits per heavy atom. The highest BCUT2D eigenvalue weighted by Gasteiger charge is 2.06. The topological polar surface area (TPSA) is 30.2 Å². The maximum atomic E-state index is 6.03. The molecule has 1 aromatic heterocycles. The third-order valence-electron chi connectivity index (χ3n) is 2.85. The van der Waals surface area contributed by atoms with Crippen molar-refractivity contribution < 1.29 is 0 Å². The van der Waals surface area contributed by atoms with Crippen molar-refractivity contribution in [2.45, 2.75) is 0 Å². The molecule has 0 saturated heterocycles. The minimum absolute atomic E-state index is 0.690. The van der Waals surface area contributed by atoms with E-state index in [0.717, 1.165) is 17.1 Å². The van der Waals surface area contributed by atoms with Crippen LogP contribution in [-0.2, 0) is 7.05 Å². The maximum absolute atomic E-state index is 6.03. The monoisotopic (exact) mass is 335 g/mol.